The number of carboxylic acids is 1. The molecule has 1 aromatic rings. The van der Waals surface area contributed by atoms with Crippen LogP contribution in [-0.4, -0.2) is 23.2 Å². The van der Waals surface area contributed by atoms with Crippen molar-refractivity contribution in [2.75, 3.05) is 0 Å². The lowest BCUT2D eigenvalue weighted by Gasteiger charge is -2.33. The van der Waals surface area contributed by atoms with Gasteiger partial charge in [0.05, 0.1) is 12.0 Å². The summed E-state index contributed by atoms with van der Waals surface area (Å²) in [5.41, 5.74) is -0.496. The van der Waals surface area contributed by atoms with E-state index >= 15 is 0 Å². The van der Waals surface area contributed by atoms with Crippen molar-refractivity contribution >= 4 is 29.3 Å². The Bertz CT molecular complexity index is 568. The third-order valence-electron chi connectivity index (χ3n) is 3.72. The van der Waals surface area contributed by atoms with Gasteiger partial charge in [0.2, 0.25) is 5.91 Å². The fourth-order valence-electron chi connectivity index (χ4n) is 1.97. The highest BCUT2D eigenvalue weighted by atomic mass is 35.5. The van der Waals surface area contributed by atoms with E-state index in [0.717, 1.165) is 5.56 Å². The molecule has 6 heteroatoms. The summed E-state index contributed by atoms with van der Waals surface area (Å²) in [6, 6.07) is 6.79. The van der Waals surface area contributed by atoms with Gasteiger partial charge in [0, 0.05) is 17.4 Å². The molecule has 0 aliphatic heterocycles. The van der Waals surface area contributed by atoms with Crippen LogP contribution >= 0.6 is 11.6 Å². The first kappa shape index (κ1) is 18.2. The Morgan fingerprint density at radius 2 is 1.77 bits per heavy atom. The monoisotopic (exact) mass is 324 g/mol. The molecular formula is C16H19ClNO4-. The largest absolute Gasteiger partial charge is 0.550 e. The molecule has 1 N–H and O–H groups in total. The Morgan fingerprint density at radius 1 is 1.23 bits per heavy atom. The molecule has 0 bridgehead atoms. The number of Topliss-reactive ketones (excluding diaryl/α,β-unsaturated/α-hetero) is 1. The molecule has 0 aliphatic rings. The molecule has 22 heavy (non-hydrogen) atoms. The second-order valence-electron chi connectivity index (χ2n) is 5.68. The van der Waals surface area contributed by atoms with Crippen molar-refractivity contribution in [1.29, 1.82) is 0 Å². The lowest BCUT2D eigenvalue weighted by atomic mass is 9.82. The maximum absolute atomic E-state index is 12.1. The molecule has 120 valence electrons. The summed E-state index contributed by atoms with van der Waals surface area (Å²) in [4.78, 5) is 34.9. The van der Waals surface area contributed by atoms with Crippen molar-refractivity contribution in [1.82, 2.24) is 5.32 Å². The number of rotatable bonds is 7. The fourth-order valence-corrected chi connectivity index (χ4v) is 2.10. The highest BCUT2D eigenvalue weighted by Gasteiger charge is 2.37. The van der Waals surface area contributed by atoms with Gasteiger partial charge in [0.15, 0.2) is 5.78 Å². The highest BCUT2D eigenvalue weighted by Crippen LogP contribution is 2.20. The smallest absolute Gasteiger partial charge is 0.225 e. The molecule has 0 heterocycles. The van der Waals surface area contributed by atoms with Crippen LogP contribution in [0.15, 0.2) is 24.3 Å². The van der Waals surface area contributed by atoms with Gasteiger partial charge in [-0.1, -0.05) is 37.6 Å². The van der Waals surface area contributed by atoms with Crippen LogP contribution in [-0.2, 0) is 20.8 Å². The minimum Gasteiger partial charge on any atom is -0.550 e. The molecule has 0 spiro atoms. The van der Waals surface area contributed by atoms with E-state index in [9.17, 15) is 19.5 Å². The molecule has 0 fully saturated rings. The third kappa shape index (κ3) is 4.84. The zero-order chi connectivity index (χ0) is 16.9. The average Bonchev–Trinajstić information content (AvgIpc) is 2.40. The average molecular weight is 325 g/mol. The van der Waals surface area contributed by atoms with E-state index in [-0.39, 0.29) is 18.2 Å². The van der Waals surface area contributed by atoms with Crippen LogP contribution in [0.5, 0.6) is 0 Å². The third-order valence-corrected chi connectivity index (χ3v) is 3.97. The summed E-state index contributed by atoms with van der Waals surface area (Å²) in [5, 5.41) is 13.8. The van der Waals surface area contributed by atoms with Gasteiger partial charge >= 0.3 is 0 Å². The number of halogens is 1. The summed E-state index contributed by atoms with van der Waals surface area (Å²) in [5.74, 6) is -2.64. The number of amides is 1. The summed E-state index contributed by atoms with van der Waals surface area (Å²) in [7, 11) is 0. The van der Waals surface area contributed by atoms with Crippen LogP contribution in [0, 0.1) is 5.92 Å². The van der Waals surface area contributed by atoms with Crippen LogP contribution in [0.25, 0.3) is 0 Å². The lowest BCUT2D eigenvalue weighted by molar-refractivity contribution is -0.304. The Kier molecular flexibility index (Phi) is 6.11. The fraction of sp³-hybridized carbons (Fsp3) is 0.438. The van der Waals surface area contributed by atoms with Gasteiger partial charge < -0.3 is 15.2 Å². The van der Waals surface area contributed by atoms with Crippen LogP contribution < -0.4 is 10.4 Å². The molecule has 5 nitrogen and oxygen atoms in total. The normalized spacial score (nSPS) is 13.5. The van der Waals surface area contributed by atoms with Crippen molar-refractivity contribution in [3.05, 3.63) is 34.9 Å². The van der Waals surface area contributed by atoms with Gasteiger partial charge in [0.1, 0.15) is 0 Å². The number of carbonyl (C=O) groups is 3. The standard InChI is InChI=1S/C16H20ClNO4/c1-10(2)16(3,13(19)9-15(21)22)18-14(20)8-11-4-6-12(17)7-5-11/h4-7,10H,8-9H2,1-3H3,(H,18,20)(H,21,22)/p-1. The van der Waals surface area contributed by atoms with Gasteiger partial charge in [-0.25, -0.2) is 0 Å². The van der Waals surface area contributed by atoms with E-state index in [0.29, 0.717) is 5.02 Å². The van der Waals surface area contributed by atoms with Crippen molar-refractivity contribution in [3.8, 4) is 0 Å². The second-order valence-corrected chi connectivity index (χ2v) is 6.12. The van der Waals surface area contributed by atoms with Crippen LogP contribution in [0.1, 0.15) is 32.8 Å². The summed E-state index contributed by atoms with van der Waals surface area (Å²) >= 11 is 5.78. The van der Waals surface area contributed by atoms with E-state index in [1.54, 1.807) is 38.1 Å². The van der Waals surface area contributed by atoms with Gasteiger partial charge in [-0.05, 0) is 30.5 Å². The van der Waals surface area contributed by atoms with E-state index in [4.69, 9.17) is 11.6 Å². The Morgan fingerprint density at radius 3 is 2.23 bits per heavy atom. The van der Waals surface area contributed by atoms with Crippen molar-refractivity contribution in [2.24, 2.45) is 5.92 Å². The van der Waals surface area contributed by atoms with Crippen LogP contribution in [0.4, 0.5) is 0 Å². The molecule has 0 aromatic heterocycles. The summed E-state index contributed by atoms with van der Waals surface area (Å²) in [6.45, 7) is 5.02. The van der Waals surface area contributed by atoms with E-state index < -0.39 is 23.7 Å². The van der Waals surface area contributed by atoms with Crippen LogP contribution in [0.3, 0.4) is 0 Å². The van der Waals surface area contributed by atoms with Gasteiger partial charge in [-0.15, -0.1) is 0 Å². The predicted molar refractivity (Wildman–Crippen MR) is 81.2 cm³/mol. The van der Waals surface area contributed by atoms with Gasteiger partial charge in [-0.2, -0.15) is 0 Å². The molecule has 1 aromatic carbocycles. The minimum atomic E-state index is -1.45. The van der Waals surface area contributed by atoms with Crippen molar-refractivity contribution in [2.45, 2.75) is 39.2 Å². The van der Waals surface area contributed by atoms with Crippen molar-refractivity contribution < 1.29 is 19.5 Å². The summed E-state index contributed by atoms with van der Waals surface area (Å²) in [6.07, 6.45) is -0.645. The Balaban J connectivity index is 2.81. The van der Waals surface area contributed by atoms with Gasteiger partial charge in [0.25, 0.3) is 0 Å². The number of benzene rings is 1. The Labute approximate surface area is 134 Å². The number of ketones is 1. The molecule has 1 amide bonds. The lowest BCUT2D eigenvalue weighted by Crippen LogP contribution is -2.57. The maximum atomic E-state index is 12.1. The molecule has 1 atom stereocenters. The first-order chi connectivity index (χ1) is 10.1. The highest BCUT2D eigenvalue weighted by molar-refractivity contribution is 6.30. The first-order valence-electron chi connectivity index (χ1n) is 6.93. The minimum absolute atomic E-state index is 0.0814. The van der Waals surface area contributed by atoms with E-state index in [1.807, 2.05) is 0 Å². The second kappa shape index (κ2) is 7.40. The molecule has 1 unspecified atom stereocenters. The Hall–Kier alpha value is -1.88. The molecule has 0 radical (unpaired) electrons. The van der Waals surface area contributed by atoms with E-state index in [2.05, 4.69) is 5.32 Å². The number of carbonyl (C=O) groups excluding carboxylic acids is 3. The topological polar surface area (TPSA) is 86.3 Å². The van der Waals surface area contributed by atoms with E-state index in [1.165, 1.54) is 6.92 Å². The molecule has 0 saturated carbocycles. The van der Waals surface area contributed by atoms with Crippen molar-refractivity contribution in [3.63, 3.8) is 0 Å². The SMILES string of the molecule is CC(C)C(C)(NC(=O)Cc1ccc(Cl)cc1)C(=O)CC(=O)[O-]. The first-order valence-corrected chi connectivity index (χ1v) is 7.31. The zero-order valence-electron chi connectivity index (χ0n) is 12.8. The summed E-state index contributed by atoms with van der Waals surface area (Å²) < 4.78 is 0. The van der Waals surface area contributed by atoms with Gasteiger partial charge in [-0.3, -0.25) is 9.59 Å². The molecular weight excluding hydrogens is 306 g/mol. The number of aliphatic carboxylic acids is 1. The van der Waals surface area contributed by atoms with Crippen LogP contribution in [0.2, 0.25) is 5.02 Å². The molecule has 1 rings (SSSR count). The number of carboxylic acid groups (broad SMARTS) is 1. The molecule has 0 saturated heterocycles. The molecule has 0 aliphatic carbocycles. The zero-order valence-corrected chi connectivity index (χ0v) is 13.6. The predicted octanol–water partition coefficient (Wildman–Crippen LogP) is 1.12. The maximum Gasteiger partial charge on any atom is 0.225 e. The number of nitrogens with one attached hydrogen (secondary N) is 1. The quantitative estimate of drug-likeness (QED) is 0.762. The number of hydrogen-bond acceptors (Lipinski definition) is 4. The number of hydrogen-bond donors (Lipinski definition) is 1.